The second kappa shape index (κ2) is 5.31. The molecule has 0 aromatic heterocycles. The highest BCUT2D eigenvalue weighted by molar-refractivity contribution is 4.82. The molecule has 0 radical (unpaired) electrons. The van der Waals surface area contributed by atoms with Crippen molar-refractivity contribution in [1.82, 2.24) is 10.2 Å². The molecule has 2 unspecified atom stereocenters. The van der Waals surface area contributed by atoms with Crippen LogP contribution < -0.4 is 5.32 Å². The van der Waals surface area contributed by atoms with Crippen molar-refractivity contribution in [2.24, 2.45) is 5.92 Å². The Labute approximate surface area is 94.4 Å². The Morgan fingerprint density at radius 1 is 1.20 bits per heavy atom. The fourth-order valence-electron chi connectivity index (χ4n) is 3.20. The minimum atomic E-state index is 0.749. The quantitative estimate of drug-likeness (QED) is 0.768. The predicted molar refractivity (Wildman–Crippen MR) is 65.1 cm³/mol. The molecule has 2 atom stereocenters. The topological polar surface area (TPSA) is 15.3 Å². The highest BCUT2D eigenvalue weighted by atomic mass is 15.2. The molecule has 1 heterocycles. The van der Waals surface area contributed by atoms with E-state index in [0.29, 0.717) is 0 Å². The van der Waals surface area contributed by atoms with E-state index in [4.69, 9.17) is 0 Å². The van der Waals surface area contributed by atoms with Gasteiger partial charge in [0.15, 0.2) is 0 Å². The summed E-state index contributed by atoms with van der Waals surface area (Å²) in [6.45, 7) is 4.88. The standard InChI is InChI=1S/C13H26N2/c1-11-7-8-14-12(9-11)10-15(2)13-5-3-4-6-13/h11-14H,3-10H2,1-2H3. The molecule has 1 saturated heterocycles. The predicted octanol–water partition coefficient (Wildman–Crippen LogP) is 2.25. The van der Waals surface area contributed by atoms with Crippen LogP contribution in [0.1, 0.15) is 45.4 Å². The monoisotopic (exact) mass is 210 g/mol. The average Bonchev–Trinajstić information content (AvgIpc) is 2.70. The molecule has 0 bridgehead atoms. The smallest absolute Gasteiger partial charge is 0.0197 e. The van der Waals surface area contributed by atoms with E-state index in [-0.39, 0.29) is 0 Å². The van der Waals surface area contributed by atoms with Crippen molar-refractivity contribution >= 4 is 0 Å². The minimum absolute atomic E-state index is 0.749. The van der Waals surface area contributed by atoms with E-state index >= 15 is 0 Å². The first-order valence-electron chi connectivity index (χ1n) is 6.69. The number of nitrogens with zero attached hydrogens (tertiary/aromatic N) is 1. The highest BCUT2D eigenvalue weighted by Crippen LogP contribution is 2.23. The Kier molecular flexibility index (Phi) is 4.04. The number of nitrogens with one attached hydrogen (secondary N) is 1. The lowest BCUT2D eigenvalue weighted by molar-refractivity contribution is 0.190. The lowest BCUT2D eigenvalue weighted by Crippen LogP contribution is -2.46. The third-order valence-electron chi connectivity index (χ3n) is 4.21. The molecular weight excluding hydrogens is 184 g/mol. The number of rotatable bonds is 3. The first-order chi connectivity index (χ1) is 7.25. The van der Waals surface area contributed by atoms with Gasteiger partial charge in [-0.2, -0.15) is 0 Å². The van der Waals surface area contributed by atoms with Gasteiger partial charge in [-0.3, -0.25) is 0 Å². The maximum Gasteiger partial charge on any atom is 0.0197 e. The second-order valence-electron chi connectivity index (χ2n) is 5.66. The van der Waals surface area contributed by atoms with Crippen LogP contribution in [0.5, 0.6) is 0 Å². The molecule has 15 heavy (non-hydrogen) atoms. The molecule has 0 aromatic carbocycles. The number of hydrogen-bond acceptors (Lipinski definition) is 2. The Hall–Kier alpha value is -0.0800. The van der Waals surface area contributed by atoms with Crippen LogP contribution in [-0.4, -0.2) is 37.1 Å². The van der Waals surface area contributed by atoms with Gasteiger partial charge in [-0.05, 0) is 45.2 Å². The Morgan fingerprint density at radius 3 is 2.60 bits per heavy atom. The molecule has 2 nitrogen and oxygen atoms in total. The van der Waals surface area contributed by atoms with Crippen molar-refractivity contribution in [3.05, 3.63) is 0 Å². The first-order valence-corrected chi connectivity index (χ1v) is 6.69. The summed E-state index contributed by atoms with van der Waals surface area (Å²) in [6, 6.07) is 1.63. The van der Waals surface area contributed by atoms with Crippen LogP contribution in [0.4, 0.5) is 0 Å². The van der Waals surface area contributed by atoms with Crippen LogP contribution in [0.3, 0.4) is 0 Å². The maximum atomic E-state index is 3.66. The summed E-state index contributed by atoms with van der Waals surface area (Å²) >= 11 is 0. The van der Waals surface area contributed by atoms with Gasteiger partial charge in [0.2, 0.25) is 0 Å². The van der Waals surface area contributed by atoms with Gasteiger partial charge in [0.05, 0.1) is 0 Å². The lowest BCUT2D eigenvalue weighted by atomic mass is 9.94. The fraction of sp³-hybridized carbons (Fsp3) is 1.00. The van der Waals surface area contributed by atoms with Gasteiger partial charge in [0.25, 0.3) is 0 Å². The van der Waals surface area contributed by atoms with Crippen molar-refractivity contribution < 1.29 is 0 Å². The zero-order chi connectivity index (χ0) is 10.7. The van der Waals surface area contributed by atoms with E-state index in [1.807, 2.05) is 0 Å². The largest absolute Gasteiger partial charge is 0.313 e. The zero-order valence-corrected chi connectivity index (χ0v) is 10.3. The van der Waals surface area contributed by atoms with Gasteiger partial charge < -0.3 is 10.2 Å². The normalized spacial score (nSPS) is 33.8. The number of piperidine rings is 1. The fourth-order valence-corrected chi connectivity index (χ4v) is 3.20. The van der Waals surface area contributed by atoms with Crippen LogP contribution in [0, 0.1) is 5.92 Å². The van der Waals surface area contributed by atoms with Crippen LogP contribution in [-0.2, 0) is 0 Å². The molecule has 1 N–H and O–H groups in total. The van der Waals surface area contributed by atoms with E-state index in [2.05, 4.69) is 24.2 Å². The summed E-state index contributed by atoms with van der Waals surface area (Å²) in [7, 11) is 2.32. The van der Waals surface area contributed by atoms with Gasteiger partial charge in [-0.15, -0.1) is 0 Å². The summed E-state index contributed by atoms with van der Waals surface area (Å²) in [4.78, 5) is 2.60. The van der Waals surface area contributed by atoms with Gasteiger partial charge >= 0.3 is 0 Å². The first kappa shape index (κ1) is 11.4. The number of likely N-dealkylation sites (N-methyl/N-ethyl adjacent to an activating group) is 1. The summed E-state index contributed by atoms with van der Waals surface area (Å²) < 4.78 is 0. The Morgan fingerprint density at radius 2 is 1.93 bits per heavy atom. The Bertz CT molecular complexity index is 187. The minimum Gasteiger partial charge on any atom is -0.313 e. The molecule has 1 aliphatic carbocycles. The molecule has 2 heteroatoms. The van der Waals surface area contributed by atoms with Crippen LogP contribution in [0.2, 0.25) is 0 Å². The number of hydrogen-bond donors (Lipinski definition) is 1. The summed E-state index contributed by atoms with van der Waals surface area (Å²) in [6.07, 6.45) is 8.49. The van der Waals surface area contributed by atoms with Gasteiger partial charge in [0.1, 0.15) is 0 Å². The molecule has 2 fully saturated rings. The van der Waals surface area contributed by atoms with E-state index < -0.39 is 0 Å². The second-order valence-corrected chi connectivity index (χ2v) is 5.66. The van der Waals surface area contributed by atoms with Gasteiger partial charge in [-0.25, -0.2) is 0 Å². The third kappa shape index (κ3) is 3.18. The molecule has 0 amide bonds. The van der Waals surface area contributed by atoms with E-state index in [1.54, 1.807) is 0 Å². The average molecular weight is 210 g/mol. The molecule has 0 aromatic rings. The maximum absolute atomic E-state index is 3.66. The van der Waals surface area contributed by atoms with Crippen molar-refractivity contribution in [1.29, 1.82) is 0 Å². The molecule has 0 spiro atoms. The molecular formula is C13H26N2. The third-order valence-corrected chi connectivity index (χ3v) is 4.21. The SMILES string of the molecule is CC1CCNC(CN(C)C2CCCC2)C1. The molecule has 2 rings (SSSR count). The zero-order valence-electron chi connectivity index (χ0n) is 10.3. The summed E-state index contributed by atoms with van der Waals surface area (Å²) in [5.41, 5.74) is 0. The van der Waals surface area contributed by atoms with Crippen LogP contribution in [0.15, 0.2) is 0 Å². The lowest BCUT2D eigenvalue weighted by Gasteiger charge is -2.33. The van der Waals surface area contributed by atoms with Crippen molar-refractivity contribution in [2.45, 2.75) is 57.5 Å². The van der Waals surface area contributed by atoms with E-state index in [0.717, 1.165) is 18.0 Å². The van der Waals surface area contributed by atoms with E-state index in [1.165, 1.54) is 51.6 Å². The van der Waals surface area contributed by atoms with Crippen molar-refractivity contribution in [3.8, 4) is 0 Å². The van der Waals surface area contributed by atoms with Crippen LogP contribution in [0.25, 0.3) is 0 Å². The molecule has 1 saturated carbocycles. The highest BCUT2D eigenvalue weighted by Gasteiger charge is 2.24. The van der Waals surface area contributed by atoms with Crippen molar-refractivity contribution in [2.75, 3.05) is 20.1 Å². The summed E-state index contributed by atoms with van der Waals surface area (Å²) in [5, 5.41) is 3.66. The van der Waals surface area contributed by atoms with E-state index in [9.17, 15) is 0 Å². The molecule has 1 aliphatic heterocycles. The molecule has 88 valence electrons. The summed E-state index contributed by atoms with van der Waals surface area (Å²) in [5.74, 6) is 0.924. The Balaban J connectivity index is 1.74. The molecule has 2 aliphatic rings. The van der Waals surface area contributed by atoms with Gasteiger partial charge in [0, 0.05) is 18.6 Å². The van der Waals surface area contributed by atoms with Gasteiger partial charge in [-0.1, -0.05) is 19.8 Å². The van der Waals surface area contributed by atoms with Crippen molar-refractivity contribution in [3.63, 3.8) is 0 Å². The van der Waals surface area contributed by atoms with Crippen LogP contribution >= 0.6 is 0 Å².